The van der Waals surface area contributed by atoms with E-state index in [2.05, 4.69) is 25.1 Å². The SMILES string of the molecule is [CH2-]Oc1cc([N+](=O)[O-])c(CNCCCCS)cc1OC.[Rf]. The van der Waals surface area contributed by atoms with Crippen molar-refractivity contribution in [2.75, 3.05) is 19.4 Å². The van der Waals surface area contributed by atoms with Crippen LogP contribution >= 0.6 is 12.6 Å². The molecule has 0 aromatic heterocycles. The van der Waals surface area contributed by atoms with Crippen LogP contribution in [0.1, 0.15) is 18.4 Å². The van der Waals surface area contributed by atoms with E-state index in [0.29, 0.717) is 17.9 Å². The number of nitro benzene ring substituents is 1. The fourth-order valence-corrected chi connectivity index (χ4v) is 1.98. The molecule has 0 aliphatic rings. The quantitative estimate of drug-likeness (QED) is 0.158. The molecule has 0 amide bonds. The van der Waals surface area contributed by atoms with Gasteiger partial charge in [-0.05, 0) is 31.2 Å². The Morgan fingerprint density at radius 3 is 2.62 bits per heavy atom. The van der Waals surface area contributed by atoms with Gasteiger partial charge in [-0.15, -0.1) is 0 Å². The molecule has 1 rings (SSSR count). The van der Waals surface area contributed by atoms with Gasteiger partial charge in [-0.3, -0.25) is 10.1 Å². The van der Waals surface area contributed by atoms with Crippen LogP contribution < -0.4 is 14.8 Å². The van der Waals surface area contributed by atoms with Gasteiger partial charge in [0.1, 0.15) is 5.75 Å². The number of methoxy groups -OCH3 is 1. The number of hydrogen-bond acceptors (Lipinski definition) is 6. The predicted molar refractivity (Wildman–Crippen MR) is 80.4 cm³/mol. The largest absolute Gasteiger partial charge is 0.663 e. The molecule has 0 atom stereocenters. The number of hydrogen-bond donors (Lipinski definition) is 2. The third kappa shape index (κ3) is 5.19. The van der Waals surface area contributed by atoms with Crippen LogP contribution in [-0.2, 0) is 6.54 Å². The maximum Gasteiger partial charge on any atom is 0.277 e. The summed E-state index contributed by atoms with van der Waals surface area (Å²) in [6.07, 6.45) is 1.99. The van der Waals surface area contributed by atoms with Gasteiger partial charge in [-0.1, -0.05) is 0 Å². The van der Waals surface area contributed by atoms with E-state index in [1.165, 1.54) is 13.2 Å². The Labute approximate surface area is 124 Å². The summed E-state index contributed by atoms with van der Waals surface area (Å²) in [5, 5.41) is 14.2. The Morgan fingerprint density at radius 1 is 1.38 bits per heavy atom. The monoisotopic (exact) mass is 566 g/mol. The molecule has 0 bridgehead atoms. The van der Waals surface area contributed by atoms with Gasteiger partial charge in [0.05, 0.1) is 18.1 Å². The summed E-state index contributed by atoms with van der Waals surface area (Å²) in [5.41, 5.74) is 0.546. The summed E-state index contributed by atoms with van der Waals surface area (Å²) in [4.78, 5) is 10.6. The van der Waals surface area contributed by atoms with E-state index < -0.39 is 4.92 Å². The van der Waals surface area contributed by atoms with Crippen molar-refractivity contribution in [2.45, 2.75) is 19.4 Å². The minimum Gasteiger partial charge on any atom is -0.663 e. The zero-order chi connectivity index (χ0) is 15.0. The molecule has 0 saturated heterocycles. The van der Waals surface area contributed by atoms with Crippen LogP contribution in [-0.4, -0.2) is 24.3 Å². The van der Waals surface area contributed by atoms with Crippen molar-refractivity contribution < 1.29 is 14.4 Å². The molecular formula is C13H19N2O4RfS-. The molecule has 0 aliphatic heterocycles. The fraction of sp³-hybridized carbons (Fsp3) is 0.462. The van der Waals surface area contributed by atoms with E-state index >= 15 is 0 Å². The van der Waals surface area contributed by atoms with Crippen molar-refractivity contribution in [3.63, 3.8) is 0 Å². The Bertz CT molecular complexity index is 460. The number of ether oxygens (including phenoxy) is 2. The van der Waals surface area contributed by atoms with Crippen molar-refractivity contribution in [2.24, 2.45) is 0 Å². The van der Waals surface area contributed by atoms with E-state index in [0.717, 1.165) is 25.1 Å². The van der Waals surface area contributed by atoms with E-state index in [-0.39, 0.29) is 11.4 Å². The average molecular weight is 566 g/mol. The van der Waals surface area contributed by atoms with Gasteiger partial charge in [0.15, 0.2) is 5.75 Å². The molecule has 0 aliphatic carbocycles. The Hall–Kier alpha value is -2.47. The van der Waals surface area contributed by atoms with Gasteiger partial charge in [0.25, 0.3) is 5.69 Å². The minimum atomic E-state index is -0.438. The normalized spacial score (nSPS) is 9.86. The van der Waals surface area contributed by atoms with Crippen molar-refractivity contribution in [3.05, 3.63) is 34.9 Å². The van der Waals surface area contributed by atoms with Crippen molar-refractivity contribution in [3.8, 4) is 11.5 Å². The summed E-state index contributed by atoms with van der Waals surface area (Å²) in [6, 6.07) is 2.93. The summed E-state index contributed by atoms with van der Waals surface area (Å²) in [7, 11) is 4.74. The number of nitrogens with zero attached hydrogens (tertiary/aromatic N) is 1. The number of nitro groups is 1. The van der Waals surface area contributed by atoms with E-state index in [1.807, 2.05) is 0 Å². The third-order valence-corrected chi connectivity index (χ3v) is 3.11. The molecule has 0 saturated carbocycles. The Balaban J connectivity index is 0.00000400. The third-order valence-electron chi connectivity index (χ3n) is 2.79. The molecule has 0 fully saturated rings. The van der Waals surface area contributed by atoms with Crippen molar-refractivity contribution in [1.82, 2.24) is 5.32 Å². The molecule has 8 heteroatoms. The van der Waals surface area contributed by atoms with Gasteiger partial charge in [0, 0.05) is 12.1 Å². The minimum absolute atomic E-state index is 0. The zero-order valence-electron chi connectivity index (χ0n) is 12.1. The average Bonchev–Trinajstić information content (AvgIpc) is 2.46. The van der Waals surface area contributed by atoms with Crippen LogP contribution in [0.25, 0.3) is 0 Å². The molecule has 114 valence electrons. The van der Waals surface area contributed by atoms with Gasteiger partial charge in [0.2, 0.25) is 0 Å². The number of unbranched alkanes of at least 4 members (excludes halogenated alkanes) is 1. The number of benzene rings is 1. The number of nitrogens with one attached hydrogen (secondary N) is 1. The molecule has 0 unspecified atom stereocenters. The standard InChI is InChI=1S/C13H19N2O4S.Rf/c1-18-12-7-10(9-14-5-3-4-6-20)11(15(16)17)8-13(12)19-2;/h7-8,14,20H,2-6,9H2,1H3;/q-1;. The summed E-state index contributed by atoms with van der Waals surface area (Å²) in [5.74, 6) is 1.52. The number of rotatable bonds is 9. The molecule has 1 N–H and O–H groups in total. The fourth-order valence-electron chi connectivity index (χ4n) is 1.76. The molecule has 0 radical (unpaired) electrons. The molecule has 1 aromatic rings. The second-order valence-electron chi connectivity index (χ2n) is 4.14. The van der Waals surface area contributed by atoms with Gasteiger partial charge in [-0.25, -0.2) is 0 Å². The van der Waals surface area contributed by atoms with Crippen LogP contribution in [0.15, 0.2) is 12.1 Å². The molecular weight excluding hydrogens is 547 g/mol. The zero-order valence-corrected chi connectivity index (χ0v) is 19.4. The van der Waals surface area contributed by atoms with E-state index in [9.17, 15) is 10.1 Å². The smallest absolute Gasteiger partial charge is 0.277 e. The molecule has 0 spiro atoms. The Kier molecular flexibility index (Phi) is 8.33. The van der Waals surface area contributed by atoms with Crippen LogP contribution in [0.3, 0.4) is 0 Å². The Morgan fingerprint density at radius 2 is 2.10 bits per heavy atom. The summed E-state index contributed by atoms with van der Waals surface area (Å²) < 4.78 is 9.96. The first kappa shape index (κ1) is 18.5. The van der Waals surface area contributed by atoms with Gasteiger partial charge in [-0.2, -0.15) is 19.7 Å². The second-order valence-corrected chi connectivity index (χ2v) is 4.59. The second kappa shape index (κ2) is 9.44. The predicted octanol–water partition coefficient (Wildman–Crippen LogP) is 2.57. The van der Waals surface area contributed by atoms with Crippen molar-refractivity contribution >= 4 is 18.3 Å². The van der Waals surface area contributed by atoms with E-state index in [4.69, 9.17) is 9.47 Å². The van der Waals surface area contributed by atoms with Gasteiger partial charge >= 0.3 is 0 Å². The first-order chi connectivity index (χ1) is 9.63. The first-order valence-corrected chi connectivity index (χ1v) is 6.86. The van der Waals surface area contributed by atoms with Crippen LogP contribution in [0, 0.1) is 17.2 Å². The maximum atomic E-state index is 11.1. The van der Waals surface area contributed by atoms with Crippen molar-refractivity contribution in [1.29, 1.82) is 0 Å². The van der Waals surface area contributed by atoms with Crippen LogP contribution in [0.5, 0.6) is 11.5 Å². The molecule has 21 heavy (non-hydrogen) atoms. The summed E-state index contributed by atoms with van der Waals surface area (Å²) in [6.45, 7) is 1.18. The van der Waals surface area contributed by atoms with E-state index in [1.54, 1.807) is 6.07 Å². The molecule has 0 heterocycles. The summed E-state index contributed by atoms with van der Waals surface area (Å²) >= 11 is 4.13. The molecule has 6 nitrogen and oxygen atoms in total. The van der Waals surface area contributed by atoms with Crippen LogP contribution in [0.4, 0.5) is 5.69 Å². The number of thiol groups is 1. The molecule has 1 aromatic carbocycles. The first-order valence-electron chi connectivity index (χ1n) is 6.23. The van der Waals surface area contributed by atoms with Crippen LogP contribution in [0.2, 0.25) is 0 Å². The van der Waals surface area contributed by atoms with Gasteiger partial charge < -0.3 is 14.8 Å². The topological polar surface area (TPSA) is 73.6 Å². The maximum absolute atomic E-state index is 11.1.